The van der Waals surface area contributed by atoms with Crippen LogP contribution in [-0.4, -0.2) is 159 Å². The lowest BCUT2D eigenvalue weighted by atomic mass is 9.26. The maximum atomic E-state index is 16.0. The van der Waals surface area contributed by atoms with Crippen molar-refractivity contribution in [2.45, 2.75) is 178 Å². The zero-order valence-electron chi connectivity index (χ0n) is 48.9. The summed E-state index contributed by atoms with van der Waals surface area (Å²) in [6.07, 6.45) is 7.59. The van der Waals surface area contributed by atoms with Gasteiger partial charge < -0.3 is 81.8 Å². The fraction of sp³-hybridized carbons (Fsp3) is 0.781. The van der Waals surface area contributed by atoms with Gasteiger partial charge in [-0.1, -0.05) is 82.6 Å². The van der Waals surface area contributed by atoms with Crippen molar-refractivity contribution in [1.29, 1.82) is 0 Å². The number of imidazole rings is 2. The number of rotatable bonds is 10. The molecule has 12 aliphatic rings. The van der Waals surface area contributed by atoms with Crippen LogP contribution in [-0.2, 0) is 30.9 Å². The third-order valence-corrected chi connectivity index (χ3v) is 27.0. The Morgan fingerprint density at radius 3 is 2.42 bits per heavy atom. The molecule has 15 N–H and O–H groups in total. The molecule has 2 aromatic rings. The molecule has 1 amide bonds. The summed E-state index contributed by atoms with van der Waals surface area (Å²) < 4.78 is 13.1. The summed E-state index contributed by atoms with van der Waals surface area (Å²) in [5, 5.41) is 115. The molecule has 5 heterocycles. The minimum atomic E-state index is -1.72. The highest BCUT2D eigenvalue weighted by atomic mass is 16.7. The van der Waals surface area contributed by atoms with Crippen molar-refractivity contribution in [3.63, 3.8) is 0 Å². The third-order valence-electron chi connectivity index (χ3n) is 27.0. The number of carbonyl (C=O) groups excluding carboxylic acids is 1. The highest BCUT2D eigenvalue weighted by Gasteiger charge is 2.82. The van der Waals surface area contributed by atoms with Gasteiger partial charge in [0.1, 0.15) is 30.4 Å². The van der Waals surface area contributed by atoms with Crippen LogP contribution in [0.3, 0.4) is 0 Å². The smallest absolute Gasteiger partial charge is 0.310 e. The van der Waals surface area contributed by atoms with Crippen molar-refractivity contribution in [2.24, 2.45) is 109 Å². The number of carbonyl (C=O) groups is 2. The number of aromatic nitrogens is 4. The number of amides is 1. The van der Waals surface area contributed by atoms with Gasteiger partial charge in [-0.3, -0.25) is 9.59 Å². The normalized spacial score (nSPS) is 51.3. The van der Waals surface area contributed by atoms with E-state index in [9.17, 15) is 50.8 Å². The first-order valence-electron chi connectivity index (χ1n) is 31.6. The first-order valence-corrected chi connectivity index (χ1v) is 31.6. The lowest BCUT2D eigenvalue weighted by Gasteiger charge is -2.78. The first-order chi connectivity index (χ1) is 40.1. The Labute approximate surface area is 490 Å². The number of fused-ring (bicyclic) bond motifs is 9. The molecule has 20 nitrogen and oxygen atoms in total. The molecule has 20 heteroatoms. The molecule has 458 valence electrons. The molecule has 6 saturated carbocycles. The van der Waals surface area contributed by atoms with Gasteiger partial charge in [0.25, 0.3) is 0 Å². The van der Waals surface area contributed by atoms with E-state index in [1.807, 2.05) is 13.0 Å². The summed E-state index contributed by atoms with van der Waals surface area (Å²) in [7, 11) is 0. The number of anilines is 1. The zero-order chi connectivity index (χ0) is 59.1. The predicted octanol–water partition coefficient (Wildman–Crippen LogP) is 2.87. The quantitative estimate of drug-likeness (QED) is 0.0704. The second-order valence-corrected chi connectivity index (χ2v) is 29.8. The Balaban J connectivity index is 1.09. The maximum absolute atomic E-state index is 16.0. The van der Waals surface area contributed by atoms with Gasteiger partial charge >= 0.3 is 5.97 Å². The fourth-order valence-corrected chi connectivity index (χ4v) is 23.4. The molecule has 9 aliphatic carbocycles. The molecule has 0 unspecified atom stereocenters. The molecular formula is C64H89N7O13. The van der Waals surface area contributed by atoms with Crippen molar-refractivity contribution in [2.75, 3.05) is 31.7 Å². The molecule has 8 fully saturated rings. The molecule has 84 heavy (non-hydrogen) atoms. The number of carboxylic acid groups (broad SMARTS) is 1. The van der Waals surface area contributed by atoms with Gasteiger partial charge in [-0.2, -0.15) is 0 Å². The van der Waals surface area contributed by atoms with E-state index in [1.165, 1.54) is 6.33 Å². The van der Waals surface area contributed by atoms with Gasteiger partial charge in [-0.05, 0) is 127 Å². The number of nitrogens with two attached hydrogens (primary N) is 1. The number of hydrogen-bond acceptors (Lipinski definition) is 16. The molecule has 2 aromatic heterocycles. The average molecular weight is 1160 g/mol. The van der Waals surface area contributed by atoms with E-state index < -0.39 is 153 Å². The molecular weight excluding hydrogens is 1070 g/mol. The molecule has 3 aliphatic heterocycles. The van der Waals surface area contributed by atoms with Crippen LogP contribution in [0.25, 0.3) is 0 Å². The molecule has 0 radical (unpaired) electrons. The Morgan fingerprint density at radius 1 is 0.917 bits per heavy atom. The van der Waals surface area contributed by atoms with Crippen LogP contribution >= 0.6 is 0 Å². The highest BCUT2D eigenvalue weighted by molar-refractivity contribution is 5.88. The summed E-state index contributed by atoms with van der Waals surface area (Å²) in [6.45, 7) is 8.43. The number of carboxylic acids is 1. The molecule has 14 rings (SSSR count). The minimum Gasteiger partial charge on any atom is -0.481 e. The van der Waals surface area contributed by atoms with Crippen molar-refractivity contribution < 1.29 is 65.0 Å². The number of aliphatic hydroxyl groups excluding tert-OH is 8. The Kier molecular flexibility index (Phi) is 13.4. The molecule has 0 bridgehead atoms. The van der Waals surface area contributed by atoms with Crippen molar-refractivity contribution in [1.82, 2.24) is 25.3 Å². The summed E-state index contributed by atoms with van der Waals surface area (Å²) in [6, 6.07) is -0.855. The van der Waals surface area contributed by atoms with E-state index in [0.717, 1.165) is 37.0 Å². The highest BCUT2D eigenvalue weighted by Crippen LogP contribution is 2.83. The molecule has 0 aromatic carbocycles. The molecule has 2 saturated heterocycles. The number of allylic oxidation sites excluding steroid dienone is 3. The van der Waals surface area contributed by atoms with Crippen LogP contribution in [0.15, 0.2) is 42.7 Å². The maximum Gasteiger partial charge on any atom is 0.310 e. The van der Waals surface area contributed by atoms with E-state index in [2.05, 4.69) is 70.3 Å². The van der Waals surface area contributed by atoms with Gasteiger partial charge in [-0.25, -0.2) is 9.97 Å². The van der Waals surface area contributed by atoms with Crippen LogP contribution in [0.2, 0.25) is 0 Å². The van der Waals surface area contributed by atoms with Gasteiger partial charge in [0.05, 0.1) is 72.2 Å². The molecule has 27 atom stereocenters. The topological polar surface area (TPSA) is 342 Å². The summed E-state index contributed by atoms with van der Waals surface area (Å²) in [4.78, 5) is 46.9. The Hall–Kier alpha value is -4.24. The number of ether oxygens (including phenoxy) is 2. The second kappa shape index (κ2) is 19.6. The minimum absolute atomic E-state index is 0.0845. The average Bonchev–Trinajstić information content (AvgIpc) is 0.870. The SMILES string of the molecule is C[C@]1(CO)CC[C@@]2(C(=O)O)[C@@H](C1)C1=C[C@@H]3C#C[C@@H]4CCC[C@@]45C(=O)N[C@@H]4[C@H]5[C@H](C=C[C@@]4(c4cnc[nH]4)[C@H](O)C[C@@H](N)O)[C@H]4[C@@H](O)[C@@H](O[C@@H]5OC[C@@H](O)[C@H](O)[C@H]5O)[C@@](C)(CO)[C@H]5CC[C@](C)([C@H]3[C@@]45C3CCCC3)[C@]1(C)[C@@H]1Cc3[nH]cnc3NC[C@@H]12. The van der Waals surface area contributed by atoms with E-state index in [4.69, 9.17) is 20.2 Å². The van der Waals surface area contributed by atoms with Crippen LogP contribution in [0.4, 0.5) is 5.82 Å². The monoisotopic (exact) mass is 1160 g/mol. The van der Waals surface area contributed by atoms with Crippen LogP contribution in [0.5, 0.6) is 0 Å². The van der Waals surface area contributed by atoms with Crippen molar-refractivity contribution in [3.8, 4) is 11.8 Å². The fourth-order valence-electron chi connectivity index (χ4n) is 23.4. The van der Waals surface area contributed by atoms with Crippen LogP contribution in [0, 0.1) is 115 Å². The van der Waals surface area contributed by atoms with Crippen molar-refractivity contribution >= 4 is 17.7 Å². The van der Waals surface area contributed by atoms with Crippen molar-refractivity contribution in [3.05, 3.63) is 54.0 Å². The lowest BCUT2D eigenvalue weighted by molar-refractivity contribution is -0.356. The summed E-state index contributed by atoms with van der Waals surface area (Å²) >= 11 is 0. The number of nitrogens with zero attached hydrogens (tertiary/aromatic N) is 2. The summed E-state index contributed by atoms with van der Waals surface area (Å²) in [5.41, 5.74) is 0.596. The Morgan fingerprint density at radius 2 is 1.70 bits per heavy atom. The predicted molar refractivity (Wildman–Crippen MR) is 303 cm³/mol. The number of aliphatic carboxylic acids is 1. The number of nitrogens with one attached hydrogen (secondary N) is 4. The number of aromatic amines is 2. The van der Waals surface area contributed by atoms with Gasteiger partial charge in [0, 0.05) is 60.5 Å². The number of aliphatic hydroxyl groups is 8. The standard InChI is InChI=1S/C64H89N7O13/c1-57(27-72)18-19-62(56(81)82)37(23-57)35-20-31-11-12-32-10-7-15-61(32)46-34(13-17-63(42-25-66-29-69-42,43(75)22-44(65)76)51(46)71-55(61)80)45-48(78)52(84-54-49(79)47(77)40(74)26-83-54)58(2,28-73)41-14-16-59(3,50(31)64(41,45)33-8-5-6-9-33)60(35,4)36-21-39-53(70-30-68-39)67-24-38(36)62/h13,17,20,25,29-34,36-38,40-41,43-52,54,67,72-79H,5-10,14-16,18-19,21-24,26-28,65H2,1-4H3,(H,66,69)(H,68,70)(H,71,80)(H,81,82)/t31-,32-,34+,36+,37-,38-,40+,41+,43+,44-,45-,46+,47-,48+,49+,50-,51+,52+,54-,57-,58-,59+,60-,61+,62+,63+,64+/m0/s1. The van der Waals surface area contributed by atoms with Crippen LogP contribution < -0.4 is 16.4 Å². The van der Waals surface area contributed by atoms with Gasteiger partial charge in [0.15, 0.2) is 6.29 Å². The number of hydrogen-bond donors (Lipinski definition) is 14. The van der Waals surface area contributed by atoms with E-state index in [-0.39, 0.29) is 49.2 Å². The van der Waals surface area contributed by atoms with E-state index in [1.54, 1.807) is 12.5 Å². The zero-order valence-corrected chi connectivity index (χ0v) is 48.9. The largest absolute Gasteiger partial charge is 0.481 e. The Bertz CT molecular complexity index is 3050. The lowest BCUT2D eigenvalue weighted by Crippen LogP contribution is -2.78. The number of H-pyrrole nitrogens is 2. The van der Waals surface area contributed by atoms with Crippen LogP contribution in [0.1, 0.15) is 123 Å². The molecule has 1 spiro atoms. The van der Waals surface area contributed by atoms with E-state index >= 15 is 4.79 Å². The second-order valence-electron chi connectivity index (χ2n) is 29.8. The van der Waals surface area contributed by atoms with Gasteiger partial charge in [-0.15, -0.1) is 0 Å². The first kappa shape index (κ1) is 57.5. The van der Waals surface area contributed by atoms with E-state index in [0.29, 0.717) is 75.8 Å². The summed E-state index contributed by atoms with van der Waals surface area (Å²) in [5.74, 6) is 2.50. The third kappa shape index (κ3) is 7.17. The van der Waals surface area contributed by atoms with Gasteiger partial charge in [0.2, 0.25) is 5.91 Å².